The maximum Gasteiger partial charge on any atom is 0.152 e. The zero-order valence-electron chi connectivity index (χ0n) is 10.3. The van der Waals surface area contributed by atoms with Gasteiger partial charge >= 0.3 is 0 Å². The molecule has 0 radical (unpaired) electrons. The quantitative estimate of drug-likeness (QED) is 0.651. The Kier molecular flexibility index (Phi) is 3.43. The largest absolute Gasteiger partial charge is 0.323 e. The third-order valence-corrected chi connectivity index (χ3v) is 2.66. The molecule has 1 aromatic carbocycles. The summed E-state index contributed by atoms with van der Waals surface area (Å²) in [7, 11) is 0. The fourth-order valence-corrected chi connectivity index (χ4v) is 1.95. The fourth-order valence-electron chi connectivity index (χ4n) is 1.95. The number of hydrazine groups is 1. The van der Waals surface area contributed by atoms with E-state index in [-0.39, 0.29) is 5.52 Å². The lowest BCUT2D eigenvalue weighted by molar-refractivity contribution is 0.589. The van der Waals surface area contributed by atoms with Gasteiger partial charge in [0.15, 0.2) is 5.82 Å². The van der Waals surface area contributed by atoms with E-state index in [4.69, 9.17) is 5.84 Å². The SMILES string of the molecule is CC(C)Cc1cc(NN)c2cc(F)cc(F)c2n1. The average molecular weight is 251 g/mol. The standard InChI is InChI=1S/C13H15F2N3/c1-7(2)3-9-6-12(18-16)10-4-8(14)5-11(15)13(10)17-9/h4-7H,3,16H2,1-2H3,(H,17,18). The normalized spacial score (nSPS) is 11.2. The number of pyridine rings is 1. The van der Waals surface area contributed by atoms with Crippen LogP contribution in [-0.4, -0.2) is 4.98 Å². The molecule has 18 heavy (non-hydrogen) atoms. The number of hydrogen-bond acceptors (Lipinski definition) is 3. The Morgan fingerprint density at radius 1 is 1.28 bits per heavy atom. The van der Waals surface area contributed by atoms with E-state index in [0.717, 1.165) is 11.8 Å². The number of anilines is 1. The van der Waals surface area contributed by atoms with Gasteiger partial charge < -0.3 is 5.43 Å². The van der Waals surface area contributed by atoms with Gasteiger partial charge in [-0.2, -0.15) is 0 Å². The summed E-state index contributed by atoms with van der Waals surface area (Å²) in [5, 5.41) is 0.350. The highest BCUT2D eigenvalue weighted by atomic mass is 19.1. The molecular formula is C13H15F2N3. The average Bonchev–Trinajstić information content (AvgIpc) is 2.28. The van der Waals surface area contributed by atoms with Crippen molar-refractivity contribution >= 4 is 16.6 Å². The van der Waals surface area contributed by atoms with Crippen LogP contribution in [0.15, 0.2) is 18.2 Å². The minimum absolute atomic E-state index is 0.141. The van der Waals surface area contributed by atoms with E-state index in [9.17, 15) is 8.78 Å². The number of nitrogens with two attached hydrogens (primary N) is 1. The molecule has 96 valence electrons. The van der Waals surface area contributed by atoms with Gasteiger partial charge in [-0.15, -0.1) is 0 Å². The second kappa shape index (κ2) is 4.86. The Bertz CT molecular complexity index is 582. The molecule has 3 nitrogen and oxygen atoms in total. The number of hydrogen-bond donors (Lipinski definition) is 2. The highest BCUT2D eigenvalue weighted by Gasteiger charge is 2.12. The smallest absolute Gasteiger partial charge is 0.152 e. The summed E-state index contributed by atoms with van der Waals surface area (Å²) in [5.74, 6) is 4.47. The monoisotopic (exact) mass is 251 g/mol. The van der Waals surface area contributed by atoms with Crippen molar-refractivity contribution in [1.82, 2.24) is 4.98 Å². The molecule has 2 aromatic rings. The molecule has 1 aromatic heterocycles. The first kappa shape index (κ1) is 12.7. The Balaban J connectivity index is 2.67. The lowest BCUT2D eigenvalue weighted by atomic mass is 10.1. The minimum atomic E-state index is -0.674. The number of nitrogens with one attached hydrogen (secondary N) is 1. The van der Waals surface area contributed by atoms with Gasteiger partial charge in [-0.05, 0) is 24.5 Å². The van der Waals surface area contributed by atoms with Crippen LogP contribution in [0.2, 0.25) is 0 Å². The van der Waals surface area contributed by atoms with Crippen LogP contribution in [0, 0.1) is 17.6 Å². The predicted molar refractivity (Wildman–Crippen MR) is 68.0 cm³/mol. The minimum Gasteiger partial charge on any atom is -0.323 e. The van der Waals surface area contributed by atoms with E-state index in [1.54, 1.807) is 6.07 Å². The van der Waals surface area contributed by atoms with Gasteiger partial charge in [0.25, 0.3) is 0 Å². The van der Waals surface area contributed by atoms with Crippen LogP contribution in [-0.2, 0) is 6.42 Å². The number of fused-ring (bicyclic) bond motifs is 1. The number of benzene rings is 1. The highest BCUT2D eigenvalue weighted by Crippen LogP contribution is 2.26. The summed E-state index contributed by atoms with van der Waals surface area (Å²) in [6.07, 6.45) is 0.710. The summed E-state index contributed by atoms with van der Waals surface area (Å²) >= 11 is 0. The van der Waals surface area contributed by atoms with E-state index >= 15 is 0 Å². The highest BCUT2D eigenvalue weighted by molar-refractivity contribution is 5.91. The predicted octanol–water partition coefficient (Wildman–Crippen LogP) is 3.00. The molecular weight excluding hydrogens is 236 g/mol. The first-order valence-electron chi connectivity index (χ1n) is 5.76. The van der Waals surface area contributed by atoms with Crippen LogP contribution in [0.1, 0.15) is 19.5 Å². The van der Waals surface area contributed by atoms with Gasteiger partial charge in [0.1, 0.15) is 11.3 Å². The second-order valence-corrected chi connectivity index (χ2v) is 4.69. The molecule has 0 saturated heterocycles. The van der Waals surface area contributed by atoms with Crippen LogP contribution in [0.4, 0.5) is 14.5 Å². The summed E-state index contributed by atoms with van der Waals surface area (Å²) in [4.78, 5) is 4.23. The van der Waals surface area contributed by atoms with Crippen molar-refractivity contribution in [3.63, 3.8) is 0 Å². The van der Waals surface area contributed by atoms with Gasteiger partial charge in [-0.3, -0.25) is 5.84 Å². The van der Waals surface area contributed by atoms with Gasteiger partial charge in [0.2, 0.25) is 0 Å². The van der Waals surface area contributed by atoms with E-state index in [0.29, 0.717) is 23.4 Å². The first-order valence-corrected chi connectivity index (χ1v) is 5.76. The van der Waals surface area contributed by atoms with E-state index < -0.39 is 11.6 Å². The molecule has 0 spiro atoms. The summed E-state index contributed by atoms with van der Waals surface area (Å²) in [6, 6.07) is 3.77. The Morgan fingerprint density at radius 2 is 2.00 bits per heavy atom. The third-order valence-electron chi connectivity index (χ3n) is 2.66. The van der Waals surface area contributed by atoms with E-state index in [1.165, 1.54) is 6.07 Å². The number of rotatable bonds is 3. The molecule has 0 aliphatic carbocycles. The second-order valence-electron chi connectivity index (χ2n) is 4.69. The van der Waals surface area contributed by atoms with Gasteiger partial charge in [-0.1, -0.05) is 13.8 Å². The molecule has 3 N–H and O–H groups in total. The van der Waals surface area contributed by atoms with Gasteiger partial charge in [0, 0.05) is 17.1 Å². The Hall–Kier alpha value is -1.75. The summed E-state index contributed by atoms with van der Waals surface area (Å²) < 4.78 is 26.9. The van der Waals surface area contributed by atoms with Crippen LogP contribution >= 0.6 is 0 Å². The number of nitrogen functional groups attached to an aromatic ring is 1. The van der Waals surface area contributed by atoms with Crippen LogP contribution < -0.4 is 11.3 Å². The Labute approximate surface area is 104 Å². The lowest BCUT2D eigenvalue weighted by Crippen LogP contribution is -2.09. The summed E-state index contributed by atoms with van der Waals surface area (Å²) in [5.41, 5.74) is 3.82. The molecule has 0 amide bonds. The molecule has 0 fully saturated rings. The molecule has 0 aliphatic rings. The number of aromatic nitrogens is 1. The van der Waals surface area contributed by atoms with Crippen molar-refractivity contribution in [3.8, 4) is 0 Å². The lowest BCUT2D eigenvalue weighted by Gasteiger charge is -2.11. The molecule has 0 bridgehead atoms. The van der Waals surface area contributed by atoms with Crippen molar-refractivity contribution in [2.45, 2.75) is 20.3 Å². The van der Waals surface area contributed by atoms with Crippen LogP contribution in [0.5, 0.6) is 0 Å². The molecule has 0 unspecified atom stereocenters. The van der Waals surface area contributed by atoms with Crippen molar-refractivity contribution in [2.75, 3.05) is 5.43 Å². The molecule has 0 aliphatic heterocycles. The third kappa shape index (κ3) is 2.41. The molecule has 0 saturated carbocycles. The Morgan fingerprint density at radius 3 is 2.61 bits per heavy atom. The molecule has 5 heteroatoms. The van der Waals surface area contributed by atoms with Crippen molar-refractivity contribution in [2.24, 2.45) is 11.8 Å². The summed E-state index contributed by atoms with van der Waals surface area (Å²) in [6.45, 7) is 4.09. The van der Waals surface area contributed by atoms with E-state index in [1.807, 2.05) is 13.8 Å². The molecule has 2 rings (SSSR count). The fraction of sp³-hybridized carbons (Fsp3) is 0.308. The first-order chi connectivity index (χ1) is 8.51. The van der Waals surface area contributed by atoms with Gasteiger partial charge in [0.05, 0.1) is 5.69 Å². The topological polar surface area (TPSA) is 50.9 Å². The van der Waals surface area contributed by atoms with Crippen molar-refractivity contribution in [3.05, 3.63) is 35.5 Å². The molecule has 0 atom stereocenters. The zero-order chi connectivity index (χ0) is 13.3. The number of halogens is 2. The molecule has 1 heterocycles. The van der Waals surface area contributed by atoms with Crippen LogP contribution in [0.3, 0.4) is 0 Å². The zero-order valence-corrected chi connectivity index (χ0v) is 10.3. The van der Waals surface area contributed by atoms with Crippen LogP contribution in [0.25, 0.3) is 10.9 Å². The van der Waals surface area contributed by atoms with Crippen molar-refractivity contribution in [1.29, 1.82) is 0 Å². The maximum atomic E-state index is 13.7. The van der Waals surface area contributed by atoms with E-state index in [2.05, 4.69) is 10.4 Å². The van der Waals surface area contributed by atoms with Crippen molar-refractivity contribution < 1.29 is 8.78 Å². The maximum absolute atomic E-state index is 13.7. The van der Waals surface area contributed by atoms with Gasteiger partial charge in [-0.25, -0.2) is 13.8 Å². The number of nitrogens with zero attached hydrogens (tertiary/aromatic N) is 1.